The van der Waals surface area contributed by atoms with Crippen molar-refractivity contribution in [3.63, 3.8) is 0 Å². The second-order valence-electron chi connectivity index (χ2n) is 8.41. The quantitative estimate of drug-likeness (QED) is 0.547. The lowest BCUT2D eigenvalue weighted by atomic mass is 9.89. The molecule has 2 heterocycles. The van der Waals surface area contributed by atoms with Gasteiger partial charge in [0.1, 0.15) is 10.6 Å². The SMILES string of the molecule is COc1ccc(NC(=O)CSc2nnc(C3CCCCC3)o2)cc1S(=O)(=O)N1CCCCC1. The third-order valence-electron chi connectivity index (χ3n) is 6.08. The number of hydrogen-bond acceptors (Lipinski definition) is 8. The van der Waals surface area contributed by atoms with Gasteiger partial charge < -0.3 is 14.5 Å². The molecule has 1 aliphatic heterocycles. The van der Waals surface area contributed by atoms with E-state index in [4.69, 9.17) is 9.15 Å². The Hall–Kier alpha value is -2.11. The van der Waals surface area contributed by atoms with Crippen LogP contribution in [0.2, 0.25) is 0 Å². The number of benzene rings is 1. The summed E-state index contributed by atoms with van der Waals surface area (Å²) in [4.78, 5) is 12.6. The van der Waals surface area contributed by atoms with E-state index < -0.39 is 10.0 Å². The van der Waals surface area contributed by atoms with Gasteiger partial charge in [0.05, 0.1) is 12.9 Å². The molecule has 0 unspecified atom stereocenters. The Morgan fingerprint density at radius 1 is 1.15 bits per heavy atom. The lowest BCUT2D eigenvalue weighted by Crippen LogP contribution is -2.35. The lowest BCUT2D eigenvalue weighted by molar-refractivity contribution is -0.113. The second kappa shape index (κ2) is 10.9. The fraction of sp³-hybridized carbons (Fsp3) is 0.591. The standard InChI is InChI=1S/C22H30N4O5S2/c1-30-18-11-10-17(14-19(18)33(28,29)26-12-6-3-7-13-26)23-20(27)15-32-22-25-24-21(31-22)16-8-4-2-5-9-16/h10-11,14,16H,2-9,12-13,15H2,1H3,(H,23,27). The van der Waals surface area contributed by atoms with Crippen molar-refractivity contribution in [2.24, 2.45) is 0 Å². The highest BCUT2D eigenvalue weighted by atomic mass is 32.2. The number of nitrogens with zero attached hydrogens (tertiary/aromatic N) is 3. The van der Waals surface area contributed by atoms with E-state index in [1.807, 2.05) is 0 Å². The molecule has 2 fully saturated rings. The summed E-state index contributed by atoms with van der Waals surface area (Å²) in [6, 6.07) is 4.65. The molecule has 9 nitrogen and oxygen atoms in total. The monoisotopic (exact) mass is 494 g/mol. The Bertz CT molecular complexity index is 1060. The predicted octanol–water partition coefficient (Wildman–Crippen LogP) is 4.03. The van der Waals surface area contributed by atoms with Crippen molar-refractivity contribution in [1.82, 2.24) is 14.5 Å². The van der Waals surface area contributed by atoms with Crippen LogP contribution in [0, 0.1) is 0 Å². The van der Waals surface area contributed by atoms with Crippen LogP contribution in [-0.2, 0) is 14.8 Å². The average Bonchev–Trinajstić information content (AvgIpc) is 3.33. The van der Waals surface area contributed by atoms with E-state index in [2.05, 4.69) is 15.5 Å². The van der Waals surface area contributed by atoms with Gasteiger partial charge in [-0.25, -0.2) is 8.42 Å². The number of methoxy groups -OCH3 is 1. The van der Waals surface area contributed by atoms with Crippen LogP contribution < -0.4 is 10.1 Å². The minimum absolute atomic E-state index is 0.0615. The molecular formula is C22H30N4O5S2. The van der Waals surface area contributed by atoms with Gasteiger partial charge in [-0.1, -0.05) is 37.4 Å². The van der Waals surface area contributed by atoms with E-state index >= 15 is 0 Å². The number of sulfonamides is 1. The normalized spacial score (nSPS) is 18.2. The molecule has 11 heteroatoms. The first-order chi connectivity index (χ1) is 16.0. The van der Waals surface area contributed by atoms with Gasteiger partial charge in [0.25, 0.3) is 5.22 Å². The van der Waals surface area contributed by atoms with Crippen LogP contribution in [0.15, 0.2) is 32.7 Å². The number of ether oxygens (including phenoxy) is 1. The first-order valence-electron chi connectivity index (χ1n) is 11.4. The molecule has 1 N–H and O–H groups in total. The molecule has 1 aromatic heterocycles. The van der Waals surface area contributed by atoms with E-state index in [0.717, 1.165) is 32.1 Å². The van der Waals surface area contributed by atoms with Gasteiger partial charge in [0.2, 0.25) is 21.8 Å². The fourth-order valence-corrected chi connectivity index (χ4v) is 6.59. The molecule has 1 aromatic carbocycles. The number of carbonyl (C=O) groups excluding carboxylic acids is 1. The van der Waals surface area contributed by atoms with E-state index in [1.54, 1.807) is 12.1 Å². The summed E-state index contributed by atoms with van der Waals surface area (Å²) in [5.41, 5.74) is 0.394. The smallest absolute Gasteiger partial charge is 0.277 e. The molecule has 4 rings (SSSR count). The number of anilines is 1. The third kappa shape index (κ3) is 5.88. The Morgan fingerprint density at radius 3 is 2.61 bits per heavy atom. The van der Waals surface area contributed by atoms with Gasteiger partial charge in [-0.15, -0.1) is 10.2 Å². The summed E-state index contributed by atoms with van der Waals surface area (Å²) in [6.07, 6.45) is 8.43. The van der Waals surface area contributed by atoms with Crippen LogP contribution in [-0.4, -0.2) is 54.8 Å². The van der Waals surface area contributed by atoms with Gasteiger partial charge in [0.15, 0.2) is 0 Å². The summed E-state index contributed by atoms with van der Waals surface area (Å²) in [6.45, 7) is 0.984. The largest absolute Gasteiger partial charge is 0.495 e. The number of rotatable bonds is 8. The summed E-state index contributed by atoms with van der Waals surface area (Å²) in [7, 11) is -2.27. The van der Waals surface area contributed by atoms with Gasteiger partial charge in [0, 0.05) is 24.7 Å². The molecule has 180 valence electrons. The van der Waals surface area contributed by atoms with Crippen molar-refractivity contribution in [3.8, 4) is 5.75 Å². The number of hydrogen-bond donors (Lipinski definition) is 1. The summed E-state index contributed by atoms with van der Waals surface area (Å²) < 4.78 is 38.8. The van der Waals surface area contributed by atoms with Crippen molar-refractivity contribution in [2.75, 3.05) is 31.3 Å². The van der Waals surface area contributed by atoms with E-state index in [9.17, 15) is 13.2 Å². The van der Waals surface area contributed by atoms with Gasteiger partial charge in [-0.05, 0) is 43.9 Å². The van der Waals surface area contributed by atoms with Crippen molar-refractivity contribution >= 4 is 33.4 Å². The van der Waals surface area contributed by atoms with Crippen LogP contribution >= 0.6 is 11.8 Å². The number of amides is 1. The predicted molar refractivity (Wildman–Crippen MR) is 125 cm³/mol. The Kier molecular flexibility index (Phi) is 7.92. The van der Waals surface area contributed by atoms with Crippen molar-refractivity contribution < 1.29 is 22.4 Å². The first-order valence-corrected chi connectivity index (χ1v) is 13.8. The lowest BCUT2D eigenvalue weighted by Gasteiger charge is -2.26. The van der Waals surface area contributed by atoms with Gasteiger partial charge >= 0.3 is 0 Å². The zero-order chi connectivity index (χ0) is 23.3. The summed E-state index contributed by atoms with van der Waals surface area (Å²) in [5.74, 6) is 1.01. The molecule has 0 radical (unpaired) electrons. The molecule has 2 aliphatic rings. The van der Waals surface area contributed by atoms with Crippen LogP contribution in [0.4, 0.5) is 5.69 Å². The van der Waals surface area contributed by atoms with Crippen LogP contribution in [0.1, 0.15) is 63.2 Å². The number of nitrogens with one attached hydrogen (secondary N) is 1. The fourth-order valence-electron chi connectivity index (χ4n) is 4.32. The molecule has 0 atom stereocenters. The Balaban J connectivity index is 1.39. The highest BCUT2D eigenvalue weighted by molar-refractivity contribution is 7.99. The molecule has 1 saturated carbocycles. The average molecular weight is 495 g/mol. The number of carbonyl (C=O) groups is 1. The maximum absolute atomic E-state index is 13.1. The third-order valence-corrected chi connectivity index (χ3v) is 8.82. The highest BCUT2D eigenvalue weighted by Crippen LogP contribution is 2.33. The highest BCUT2D eigenvalue weighted by Gasteiger charge is 2.29. The van der Waals surface area contributed by atoms with Gasteiger partial charge in [-0.2, -0.15) is 4.31 Å². The van der Waals surface area contributed by atoms with Crippen molar-refractivity contribution in [2.45, 2.75) is 67.4 Å². The molecule has 1 saturated heterocycles. The van der Waals surface area contributed by atoms with E-state index in [1.165, 1.54) is 48.5 Å². The zero-order valence-corrected chi connectivity index (χ0v) is 20.4. The van der Waals surface area contributed by atoms with Crippen molar-refractivity contribution in [1.29, 1.82) is 0 Å². The molecule has 1 aliphatic carbocycles. The van der Waals surface area contributed by atoms with Crippen molar-refractivity contribution in [3.05, 3.63) is 24.1 Å². The van der Waals surface area contributed by atoms with Crippen LogP contribution in [0.25, 0.3) is 0 Å². The number of piperidine rings is 1. The molecule has 1 amide bonds. The number of thioether (sulfide) groups is 1. The Labute approximate surface area is 198 Å². The summed E-state index contributed by atoms with van der Waals surface area (Å²) in [5, 5.41) is 11.3. The Morgan fingerprint density at radius 2 is 1.88 bits per heavy atom. The minimum Gasteiger partial charge on any atom is -0.495 e. The summed E-state index contributed by atoms with van der Waals surface area (Å²) >= 11 is 1.17. The zero-order valence-electron chi connectivity index (χ0n) is 18.8. The molecule has 2 aromatic rings. The molecule has 33 heavy (non-hydrogen) atoms. The van der Waals surface area contributed by atoms with E-state index in [-0.39, 0.29) is 22.3 Å². The maximum Gasteiger partial charge on any atom is 0.277 e. The number of aromatic nitrogens is 2. The van der Waals surface area contributed by atoms with E-state index in [0.29, 0.717) is 35.8 Å². The van der Waals surface area contributed by atoms with Crippen LogP contribution in [0.5, 0.6) is 5.75 Å². The molecular weight excluding hydrogens is 464 g/mol. The minimum atomic E-state index is -3.71. The van der Waals surface area contributed by atoms with Gasteiger partial charge in [-0.3, -0.25) is 4.79 Å². The molecule has 0 spiro atoms. The first kappa shape index (κ1) is 24.0. The maximum atomic E-state index is 13.1. The second-order valence-corrected chi connectivity index (χ2v) is 11.2. The topological polar surface area (TPSA) is 115 Å². The molecule has 0 bridgehead atoms. The van der Waals surface area contributed by atoms with Crippen LogP contribution in [0.3, 0.4) is 0 Å².